The molecule has 0 saturated heterocycles. The summed E-state index contributed by atoms with van der Waals surface area (Å²) in [6.45, 7) is 0.542. The van der Waals surface area contributed by atoms with E-state index in [1.54, 1.807) is 13.2 Å². The fraction of sp³-hybridized carbons (Fsp3) is 0.250. The third kappa shape index (κ3) is 3.81. The van der Waals surface area contributed by atoms with Crippen LogP contribution >= 0.6 is 23.2 Å². The van der Waals surface area contributed by atoms with Gasteiger partial charge in [0.15, 0.2) is 11.5 Å². The molecule has 0 fully saturated rings. The van der Waals surface area contributed by atoms with Crippen LogP contribution in [0.4, 0.5) is 0 Å². The predicted molar refractivity (Wildman–Crippen MR) is 83.2 cm³/mol. The number of alkyl halides is 1. The van der Waals surface area contributed by atoms with Gasteiger partial charge in [0.1, 0.15) is 0 Å². The second kappa shape index (κ2) is 7.41. The molecule has 0 aliphatic carbocycles. The highest BCUT2D eigenvalue weighted by Crippen LogP contribution is 2.36. The van der Waals surface area contributed by atoms with E-state index in [1.807, 2.05) is 24.3 Å². The molecule has 4 heteroatoms. The molecule has 20 heavy (non-hydrogen) atoms. The lowest BCUT2D eigenvalue weighted by Gasteiger charge is -2.13. The van der Waals surface area contributed by atoms with E-state index in [-0.39, 0.29) is 0 Å². The molecule has 0 unspecified atom stereocenters. The molecule has 2 aromatic rings. The van der Waals surface area contributed by atoms with E-state index in [1.165, 1.54) is 5.56 Å². The van der Waals surface area contributed by atoms with Crippen molar-refractivity contribution in [1.82, 2.24) is 0 Å². The van der Waals surface area contributed by atoms with Gasteiger partial charge in [0, 0.05) is 12.3 Å². The number of ether oxygens (including phenoxy) is 2. The first-order chi connectivity index (χ1) is 9.74. The normalized spacial score (nSPS) is 10.3. The van der Waals surface area contributed by atoms with Crippen LogP contribution in [0.2, 0.25) is 5.02 Å². The van der Waals surface area contributed by atoms with E-state index >= 15 is 0 Å². The van der Waals surface area contributed by atoms with Crippen molar-refractivity contribution in [2.75, 3.05) is 13.7 Å². The lowest BCUT2D eigenvalue weighted by molar-refractivity contribution is 0.297. The summed E-state index contributed by atoms with van der Waals surface area (Å²) in [7, 11) is 1.59. The van der Waals surface area contributed by atoms with Crippen LogP contribution in [0, 0.1) is 0 Å². The van der Waals surface area contributed by atoms with Crippen molar-refractivity contribution in [2.24, 2.45) is 0 Å². The Morgan fingerprint density at radius 3 is 2.45 bits per heavy atom. The highest BCUT2D eigenvalue weighted by atomic mass is 35.5. The minimum Gasteiger partial charge on any atom is -0.493 e. The van der Waals surface area contributed by atoms with Gasteiger partial charge in [-0.15, -0.1) is 11.6 Å². The van der Waals surface area contributed by atoms with Gasteiger partial charge in [-0.05, 0) is 23.3 Å². The second-order valence-electron chi connectivity index (χ2n) is 4.33. The van der Waals surface area contributed by atoms with Crippen LogP contribution in [-0.2, 0) is 12.3 Å². The number of hydrogen-bond donors (Lipinski definition) is 0. The number of halogens is 2. The lowest BCUT2D eigenvalue weighted by atomic mass is 10.2. The van der Waals surface area contributed by atoms with Gasteiger partial charge in [0.2, 0.25) is 0 Å². The zero-order valence-corrected chi connectivity index (χ0v) is 12.7. The molecular weight excluding hydrogens is 295 g/mol. The molecule has 0 radical (unpaired) electrons. The Hall–Kier alpha value is -1.38. The van der Waals surface area contributed by atoms with Crippen molar-refractivity contribution in [1.29, 1.82) is 0 Å². The van der Waals surface area contributed by atoms with Gasteiger partial charge in [0.25, 0.3) is 0 Å². The first-order valence-corrected chi connectivity index (χ1v) is 7.25. The molecule has 0 aromatic heterocycles. The van der Waals surface area contributed by atoms with Gasteiger partial charge >= 0.3 is 0 Å². The Morgan fingerprint density at radius 1 is 1.05 bits per heavy atom. The molecule has 2 aromatic carbocycles. The van der Waals surface area contributed by atoms with Gasteiger partial charge < -0.3 is 9.47 Å². The van der Waals surface area contributed by atoms with Crippen LogP contribution in [0.25, 0.3) is 0 Å². The van der Waals surface area contributed by atoms with Crippen molar-refractivity contribution >= 4 is 23.2 Å². The summed E-state index contributed by atoms with van der Waals surface area (Å²) in [5.74, 6) is 1.57. The minimum atomic E-state index is 0.389. The molecular formula is C16H16Cl2O2. The zero-order valence-electron chi connectivity index (χ0n) is 11.2. The van der Waals surface area contributed by atoms with E-state index in [9.17, 15) is 0 Å². The highest BCUT2D eigenvalue weighted by molar-refractivity contribution is 6.32. The Labute approximate surface area is 129 Å². The summed E-state index contributed by atoms with van der Waals surface area (Å²) in [4.78, 5) is 0. The first-order valence-electron chi connectivity index (χ1n) is 6.33. The Bertz CT molecular complexity index is 556. The van der Waals surface area contributed by atoms with E-state index in [4.69, 9.17) is 32.7 Å². The van der Waals surface area contributed by atoms with Crippen molar-refractivity contribution in [3.05, 3.63) is 58.6 Å². The summed E-state index contributed by atoms with van der Waals surface area (Å²) in [5.41, 5.74) is 2.13. The van der Waals surface area contributed by atoms with Crippen molar-refractivity contribution in [2.45, 2.75) is 12.3 Å². The molecule has 2 rings (SSSR count). The topological polar surface area (TPSA) is 18.5 Å². The molecule has 0 bridgehead atoms. The molecule has 0 heterocycles. The number of rotatable bonds is 6. The highest BCUT2D eigenvalue weighted by Gasteiger charge is 2.11. The van der Waals surface area contributed by atoms with E-state index in [2.05, 4.69) is 12.1 Å². The quantitative estimate of drug-likeness (QED) is 0.719. The minimum absolute atomic E-state index is 0.389. The van der Waals surface area contributed by atoms with Crippen LogP contribution in [-0.4, -0.2) is 13.7 Å². The second-order valence-corrected chi connectivity index (χ2v) is 5.00. The summed E-state index contributed by atoms with van der Waals surface area (Å²) in [6, 6.07) is 13.8. The number of hydrogen-bond acceptors (Lipinski definition) is 2. The molecule has 0 amide bonds. The van der Waals surface area contributed by atoms with Gasteiger partial charge in [-0.25, -0.2) is 0 Å². The summed E-state index contributed by atoms with van der Waals surface area (Å²) in [6.07, 6.45) is 0.817. The molecule has 0 N–H and O–H groups in total. The van der Waals surface area contributed by atoms with Gasteiger partial charge in [-0.1, -0.05) is 41.9 Å². The maximum absolute atomic E-state index is 6.21. The van der Waals surface area contributed by atoms with Crippen LogP contribution in [0.1, 0.15) is 11.1 Å². The molecule has 0 spiro atoms. The van der Waals surface area contributed by atoms with Gasteiger partial charge in [-0.3, -0.25) is 0 Å². The number of benzene rings is 2. The van der Waals surface area contributed by atoms with Gasteiger partial charge in [-0.2, -0.15) is 0 Å². The zero-order chi connectivity index (χ0) is 14.4. The molecule has 0 aliphatic rings. The largest absolute Gasteiger partial charge is 0.493 e. The average Bonchev–Trinajstić information content (AvgIpc) is 2.49. The van der Waals surface area contributed by atoms with Crippen molar-refractivity contribution < 1.29 is 9.47 Å². The molecule has 0 aliphatic heterocycles. The first kappa shape index (κ1) is 15.0. The smallest absolute Gasteiger partial charge is 0.179 e. The van der Waals surface area contributed by atoms with Crippen LogP contribution in [0.15, 0.2) is 42.5 Å². The van der Waals surface area contributed by atoms with Crippen molar-refractivity contribution in [3.8, 4) is 11.5 Å². The standard InChI is InChI=1S/C16H16Cl2O2/c1-19-15-10-13(11-17)9-14(18)16(15)20-8-7-12-5-3-2-4-6-12/h2-6,9-10H,7-8,11H2,1H3. The fourth-order valence-corrected chi connectivity index (χ4v) is 2.35. The van der Waals surface area contributed by atoms with Crippen LogP contribution in [0.3, 0.4) is 0 Å². The SMILES string of the molecule is COc1cc(CCl)cc(Cl)c1OCCc1ccccc1. The van der Waals surface area contributed by atoms with Crippen molar-refractivity contribution in [3.63, 3.8) is 0 Å². The molecule has 106 valence electrons. The predicted octanol–water partition coefficient (Wildman–Crippen LogP) is 4.71. The molecule has 0 atom stereocenters. The summed E-state index contributed by atoms with van der Waals surface area (Å²) < 4.78 is 11.1. The monoisotopic (exact) mass is 310 g/mol. The molecule has 2 nitrogen and oxygen atoms in total. The maximum atomic E-state index is 6.21. The van der Waals surface area contributed by atoms with Crippen LogP contribution in [0.5, 0.6) is 11.5 Å². The average molecular weight is 311 g/mol. The Balaban J connectivity index is 2.05. The third-order valence-electron chi connectivity index (χ3n) is 2.92. The maximum Gasteiger partial charge on any atom is 0.179 e. The lowest BCUT2D eigenvalue weighted by Crippen LogP contribution is -2.03. The third-order valence-corrected chi connectivity index (χ3v) is 3.51. The van der Waals surface area contributed by atoms with E-state index in [0.29, 0.717) is 29.0 Å². The fourth-order valence-electron chi connectivity index (χ4n) is 1.91. The summed E-state index contributed by atoms with van der Waals surface area (Å²) >= 11 is 12.0. The molecule has 0 saturated carbocycles. The van der Waals surface area contributed by atoms with Gasteiger partial charge in [0.05, 0.1) is 18.7 Å². The number of methoxy groups -OCH3 is 1. The Morgan fingerprint density at radius 2 is 1.80 bits per heavy atom. The Kier molecular flexibility index (Phi) is 5.57. The van der Waals surface area contributed by atoms with Crippen LogP contribution < -0.4 is 9.47 Å². The summed E-state index contributed by atoms with van der Waals surface area (Å²) in [5, 5.41) is 0.521. The van der Waals surface area contributed by atoms with E-state index < -0.39 is 0 Å². The van der Waals surface area contributed by atoms with E-state index in [0.717, 1.165) is 12.0 Å².